The predicted molar refractivity (Wildman–Crippen MR) is 139 cm³/mol. The average molecular weight is 508 g/mol. The summed E-state index contributed by atoms with van der Waals surface area (Å²) in [7, 11) is 1.71. The fraction of sp³-hybridized carbons (Fsp3) is 0.385. The van der Waals surface area contributed by atoms with E-state index in [4.69, 9.17) is 15.2 Å². The van der Waals surface area contributed by atoms with Crippen molar-refractivity contribution in [3.05, 3.63) is 48.0 Å². The van der Waals surface area contributed by atoms with Crippen LogP contribution in [0.25, 0.3) is 21.8 Å². The van der Waals surface area contributed by atoms with Gasteiger partial charge in [-0.3, -0.25) is 9.48 Å². The molecule has 0 spiro atoms. The van der Waals surface area contributed by atoms with Crippen LogP contribution < -0.4 is 21.1 Å². The van der Waals surface area contributed by atoms with Crippen molar-refractivity contribution in [3.8, 4) is 6.01 Å². The summed E-state index contributed by atoms with van der Waals surface area (Å²) in [5, 5.41) is 11.4. The van der Waals surface area contributed by atoms with E-state index in [1.165, 1.54) is 10.7 Å². The molecule has 3 heterocycles. The quantitative estimate of drug-likeness (QED) is 0.330. The third-order valence-electron chi connectivity index (χ3n) is 6.19. The number of anilines is 2. The molecule has 0 radical (unpaired) electrons. The van der Waals surface area contributed by atoms with E-state index in [0.29, 0.717) is 40.7 Å². The van der Waals surface area contributed by atoms with E-state index in [-0.39, 0.29) is 23.7 Å². The van der Waals surface area contributed by atoms with Gasteiger partial charge in [-0.1, -0.05) is 0 Å². The van der Waals surface area contributed by atoms with Gasteiger partial charge in [0.2, 0.25) is 0 Å². The topological polar surface area (TPSA) is 129 Å². The number of amides is 1. The monoisotopic (exact) mass is 507 g/mol. The van der Waals surface area contributed by atoms with Crippen LogP contribution in [0.5, 0.6) is 6.01 Å². The maximum atomic E-state index is 14.6. The SMILES string of the molecule is C[C@H](N)CNc1ccc(C(=O)Nc2cc(F)c3nn(C)cc3c2)c2nc(OC[C@H]3CCCCO3)ncc12. The number of ether oxygens (including phenoxy) is 2. The number of halogens is 1. The maximum absolute atomic E-state index is 14.6. The third kappa shape index (κ3) is 5.62. The van der Waals surface area contributed by atoms with E-state index in [0.717, 1.165) is 31.6 Å². The Kier molecular flexibility index (Phi) is 7.15. The lowest BCUT2D eigenvalue weighted by molar-refractivity contribution is -0.0128. The Morgan fingerprint density at radius 3 is 2.97 bits per heavy atom. The normalized spacial score (nSPS) is 16.6. The highest BCUT2D eigenvalue weighted by Crippen LogP contribution is 2.28. The predicted octanol–water partition coefficient (Wildman–Crippen LogP) is 3.61. The van der Waals surface area contributed by atoms with Crippen LogP contribution in [-0.4, -0.2) is 57.6 Å². The molecule has 1 fully saturated rings. The number of nitrogens with one attached hydrogen (secondary N) is 2. The highest BCUT2D eigenvalue weighted by atomic mass is 19.1. The van der Waals surface area contributed by atoms with Crippen molar-refractivity contribution in [2.24, 2.45) is 12.8 Å². The molecule has 1 amide bonds. The lowest BCUT2D eigenvalue weighted by Gasteiger charge is -2.22. The van der Waals surface area contributed by atoms with Crippen LogP contribution in [0, 0.1) is 5.82 Å². The number of nitrogens with zero attached hydrogens (tertiary/aromatic N) is 4. The van der Waals surface area contributed by atoms with Crippen molar-refractivity contribution >= 4 is 39.1 Å². The van der Waals surface area contributed by atoms with Gasteiger partial charge in [-0.15, -0.1) is 0 Å². The van der Waals surface area contributed by atoms with Gasteiger partial charge in [0.05, 0.1) is 17.2 Å². The largest absolute Gasteiger partial charge is 0.461 e. The van der Waals surface area contributed by atoms with Gasteiger partial charge in [-0.05, 0) is 50.5 Å². The maximum Gasteiger partial charge on any atom is 0.317 e. The Balaban J connectivity index is 1.45. The molecule has 2 aromatic heterocycles. The van der Waals surface area contributed by atoms with Crippen LogP contribution in [0.4, 0.5) is 15.8 Å². The molecule has 0 unspecified atom stereocenters. The summed E-state index contributed by atoms with van der Waals surface area (Å²) in [6, 6.07) is 6.46. The zero-order chi connectivity index (χ0) is 25.9. The molecule has 10 nitrogen and oxygen atoms in total. The Hall–Kier alpha value is -3.83. The smallest absolute Gasteiger partial charge is 0.317 e. The number of rotatable bonds is 8. The fourth-order valence-corrected chi connectivity index (χ4v) is 4.37. The third-order valence-corrected chi connectivity index (χ3v) is 6.19. The van der Waals surface area contributed by atoms with Gasteiger partial charge in [0.1, 0.15) is 12.1 Å². The molecule has 1 aliphatic heterocycles. The molecule has 4 aromatic rings. The minimum atomic E-state index is -0.517. The summed E-state index contributed by atoms with van der Waals surface area (Å²) in [6.07, 6.45) is 6.38. The summed E-state index contributed by atoms with van der Waals surface area (Å²) < 4.78 is 27.7. The van der Waals surface area contributed by atoms with E-state index in [1.807, 2.05) is 6.92 Å². The van der Waals surface area contributed by atoms with Gasteiger partial charge < -0.3 is 25.8 Å². The zero-order valence-electron chi connectivity index (χ0n) is 20.8. The molecule has 1 saturated heterocycles. The molecule has 0 aliphatic carbocycles. The van der Waals surface area contributed by atoms with E-state index < -0.39 is 11.7 Å². The van der Waals surface area contributed by atoms with Crippen molar-refractivity contribution < 1.29 is 18.7 Å². The second-order valence-corrected chi connectivity index (χ2v) is 9.39. The van der Waals surface area contributed by atoms with Crippen LogP contribution >= 0.6 is 0 Å². The number of hydrogen-bond acceptors (Lipinski definition) is 8. The first-order chi connectivity index (χ1) is 17.9. The number of carbonyl (C=O) groups excluding carboxylic acids is 1. The van der Waals surface area contributed by atoms with Crippen molar-refractivity contribution in [1.29, 1.82) is 0 Å². The summed E-state index contributed by atoms with van der Waals surface area (Å²) in [4.78, 5) is 22.3. The summed E-state index contributed by atoms with van der Waals surface area (Å²) in [5.41, 5.74) is 7.92. The molecule has 11 heteroatoms. The van der Waals surface area contributed by atoms with Gasteiger partial charge in [-0.25, -0.2) is 9.37 Å². The number of carbonyl (C=O) groups is 1. The van der Waals surface area contributed by atoms with E-state index in [9.17, 15) is 9.18 Å². The van der Waals surface area contributed by atoms with Crippen LogP contribution in [-0.2, 0) is 11.8 Å². The minimum Gasteiger partial charge on any atom is -0.461 e. The minimum absolute atomic E-state index is 0.00727. The molecule has 4 N–H and O–H groups in total. The van der Waals surface area contributed by atoms with Crippen LogP contribution in [0.3, 0.4) is 0 Å². The lowest BCUT2D eigenvalue weighted by Crippen LogP contribution is -2.26. The molecular formula is C26H30FN7O3. The highest BCUT2D eigenvalue weighted by molar-refractivity contribution is 6.14. The van der Waals surface area contributed by atoms with E-state index in [1.54, 1.807) is 37.6 Å². The first-order valence-corrected chi connectivity index (χ1v) is 12.4. The van der Waals surface area contributed by atoms with Gasteiger partial charge >= 0.3 is 6.01 Å². The molecule has 2 aromatic carbocycles. The summed E-state index contributed by atoms with van der Waals surface area (Å²) in [5.74, 6) is -0.955. The number of benzene rings is 2. The van der Waals surface area contributed by atoms with Crippen LogP contribution in [0.1, 0.15) is 36.5 Å². The zero-order valence-corrected chi connectivity index (χ0v) is 20.8. The van der Waals surface area contributed by atoms with Crippen molar-refractivity contribution in [2.45, 2.75) is 38.3 Å². The van der Waals surface area contributed by atoms with Gasteiger partial charge in [0.25, 0.3) is 5.91 Å². The molecule has 0 bridgehead atoms. The number of aromatic nitrogens is 4. The molecule has 5 rings (SSSR count). The van der Waals surface area contributed by atoms with Crippen LogP contribution in [0.2, 0.25) is 0 Å². The van der Waals surface area contributed by atoms with Gasteiger partial charge in [0.15, 0.2) is 5.82 Å². The number of fused-ring (bicyclic) bond motifs is 2. The first kappa shape index (κ1) is 24.8. The average Bonchev–Trinajstić information content (AvgIpc) is 3.27. The van der Waals surface area contributed by atoms with Crippen LogP contribution in [0.15, 0.2) is 36.7 Å². The number of aryl methyl sites for hydroxylation is 1. The Morgan fingerprint density at radius 1 is 1.32 bits per heavy atom. The summed E-state index contributed by atoms with van der Waals surface area (Å²) >= 11 is 0. The molecule has 1 aliphatic rings. The van der Waals surface area contributed by atoms with Gasteiger partial charge in [-0.2, -0.15) is 10.1 Å². The van der Waals surface area contributed by atoms with Crippen molar-refractivity contribution in [1.82, 2.24) is 19.7 Å². The molecule has 2 atom stereocenters. The second-order valence-electron chi connectivity index (χ2n) is 9.39. The molecule has 37 heavy (non-hydrogen) atoms. The van der Waals surface area contributed by atoms with Gasteiger partial charge in [0, 0.05) is 60.8 Å². The van der Waals surface area contributed by atoms with Crippen molar-refractivity contribution in [2.75, 3.05) is 30.4 Å². The molecule has 194 valence electrons. The second kappa shape index (κ2) is 10.7. The number of hydrogen-bond donors (Lipinski definition) is 3. The molecular weight excluding hydrogens is 477 g/mol. The Morgan fingerprint density at radius 2 is 2.19 bits per heavy atom. The van der Waals surface area contributed by atoms with E-state index >= 15 is 0 Å². The summed E-state index contributed by atoms with van der Waals surface area (Å²) in [6.45, 7) is 3.48. The standard InChI is InChI=1S/C26H30FN7O3/c1-15(28)11-29-22-7-6-19(25(35)31-17-9-16-13-34(2)33-23(16)21(27)10-17)24-20(22)12-30-26(32-24)37-14-18-5-3-4-8-36-18/h6-7,9-10,12-13,15,18,29H,3-5,8,11,14,28H2,1-2H3,(H,31,35)/t15-,18+/m0/s1. The Labute approximate surface area is 213 Å². The number of nitrogens with two attached hydrogens (primary N) is 1. The first-order valence-electron chi connectivity index (χ1n) is 12.4. The Bertz CT molecular complexity index is 1430. The van der Waals surface area contributed by atoms with Crippen molar-refractivity contribution in [3.63, 3.8) is 0 Å². The van der Waals surface area contributed by atoms with E-state index in [2.05, 4.69) is 25.7 Å². The molecule has 0 saturated carbocycles. The lowest BCUT2D eigenvalue weighted by atomic mass is 10.1. The highest BCUT2D eigenvalue weighted by Gasteiger charge is 2.19. The fourth-order valence-electron chi connectivity index (χ4n) is 4.37.